The molecule has 1 aliphatic heterocycles. The van der Waals surface area contributed by atoms with Crippen LogP contribution in [0, 0.1) is 35.5 Å². The van der Waals surface area contributed by atoms with Crippen LogP contribution in [0.3, 0.4) is 0 Å². The molecule has 24 heavy (non-hydrogen) atoms. The van der Waals surface area contributed by atoms with E-state index in [2.05, 4.69) is 33.5 Å². The molecule has 1 aromatic carbocycles. The van der Waals surface area contributed by atoms with Crippen LogP contribution >= 0.6 is 15.9 Å². The Bertz CT molecular complexity index is 784. The molecule has 3 amide bonds. The Morgan fingerprint density at radius 1 is 1.08 bits per heavy atom. The van der Waals surface area contributed by atoms with Crippen molar-refractivity contribution in [2.24, 2.45) is 35.5 Å². The maximum Gasteiger partial charge on any atom is 0.270 e. The monoisotopic (exact) mass is 386 g/mol. The van der Waals surface area contributed by atoms with Crippen LogP contribution in [-0.2, 0) is 9.59 Å². The lowest BCUT2D eigenvalue weighted by atomic mass is 9.63. The molecule has 1 N–H and O–H groups in total. The minimum Gasteiger partial charge on any atom is -0.272 e. The molecule has 4 aliphatic carbocycles. The first-order valence-electron chi connectivity index (χ1n) is 8.19. The van der Waals surface area contributed by atoms with Crippen molar-refractivity contribution in [2.45, 2.75) is 6.42 Å². The molecule has 6 atom stereocenters. The molecule has 1 aromatic rings. The summed E-state index contributed by atoms with van der Waals surface area (Å²) in [6, 6.07) is 6.86. The number of halogens is 1. The Kier molecular flexibility index (Phi) is 2.87. The third kappa shape index (κ3) is 1.83. The van der Waals surface area contributed by atoms with Gasteiger partial charge in [-0.2, -0.15) is 5.01 Å². The van der Waals surface area contributed by atoms with Gasteiger partial charge in [0.05, 0.1) is 11.8 Å². The molecular weight excluding hydrogens is 372 g/mol. The number of hydrogen-bond acceptors (Lipinski definition) is 3. The average molecular weight is 387 g/mol. The van der Waals surface area contributed by atoms with Gasteiger partial charge in [0.2, 0.25) is 0 Å². The second-order valence-electron chi connectivity index (χ2n) is 7.12. The number of rotatable bonds is 2. The molecule has 1 saturated heterocycles. The summed E-state index contributed by atoms with van der Waals surface area (Å²) in [5.41, 5.74) is 2.93. The number of imide groups is 1. The number of benzene rings is 1. The summed E-state index contributed by atoms with van der Waals surface area (Å²) < 4.78 is 0.769. The zero-order chi connectivity index (χ0) is 16.6. The van der Waals surface area contributed by atoms with Crippen molar-refractivity contribution in [3.8, 4) is 0 Å². The van der Waals surface area contributed by atoms with Gasteiger partial charge in [0.1, 0.15) is 0 Å². The van der Waals surface area contributed by atoms with Crippen LogP contribution in [0.25, 0.3) is 0 Å². The Balaban J connectivity index is 1.41. The zero-order valence-electron chi connectivity index (χ0n) is 12.7. The molecule has 2 saturated carbocycles. The van der Waals surface area contributed by atoms with Crippen LogP contribution in [0.4, 0.5) is 0 Å². The van der Waals surface area contributed by atoms with Crippen LogP contribution < -0.4 is 5.43 Å². The first kappa shape index (κ1) is 14.4. The van der Waals surface area contributed by atoms with Gasteiger partial charge in [-0.05, 0) is 48.3 Å². The van der Waals surface area contributed by atoms with Gasteiger partial charge in [0.25, 0.3) is 17.7 Å². The fourth-order valence-corrected chi connectivity index (χ4v) is 5.26. The molecule has 122 valence electrons. The first-order chi connectivity index (χ1) is 11.6. The van der Waals surface area contributed by atoms with Gasteiger partial charge < -0.3 is 0 Å². The Morgan fingerprint density at radius 3 is 2.29 bits per heavy atom. The third-order valence-corrected chi connectivity index (χ3v) is 6.46. The molecule has 6 heteroatoms. The second-order valence-corrected chi connectivity index (χ2v) is 8.03. The summed E-state index contributed by atoms with van der Waals surface area (Å²) in [4.78, 5) is 38.0. The Labute approximate surface area is 147 Å². The molecule has 0 spiro atoms. The summed E-state index contributed by atoms with van der Waals surface area (Å²) in [5.74, 6) is -0.0998. The Hall–Kier alpha value is -1.95. The van der Waals surface area contributed by atoms with E-state index in [9.17, 15) is 14.4 Å². The highest BCUT2D eigenvalue weighted by Crippen LogP contribution is 2.65. The van der Waals surface area contributed by atoms with Crippen molar-refractivity contribution in [3.05, 3.63) is 46.5 Å². The van der Waals surface area contributed by atoms with E-state index >= 15 is 0 Å². The summed E-state index contributed by atoms with van der Waals surface area (Å²) in [6.45, 7) is 0. The smallest absolute Gasteiger partial charge is 0.270 e. The first-order valence-corrected chi connectivity index (χ1v) is 8.98. The number of carbonyl (C=O) groups is 3. The van der Waals surface area contributed by atoms with Gasteiger partial charge in [-0.1, -0.05) is 34.1 Å². The normalized spacial score (nSPS) is 38.1. The van der Waals surface area contributed by atoms with Crippen molar-refractivity contribution in [1.29, 1.82) is 0 Å². The zero-order valence-corrected chi connectivity index (χ0v) is 14.3. The summed E-state index contributed by atoms with van der Waals surface area (Å²) >= 11 is 3.32. The highest BCUT2D eigenvalue weighted by molar-refractivity contribution is 9.10. The van der Waals surface area contributed by atoms with E-state index in [4.69, 9.17) is 0 Å². The molecule has 0 aromatic heterocycles. The summed E-state index contributed by atoms with van der Waals surface area (Å²) in [6.07, 6.45) is 5.36. The van der Waals surface area contributed by atoms with Gasteiger partial charge in [0.15, 0.2) is 0 Å². The van der Waals surface area contributed by atoms with E-state index in [1.54, 1.807) is 18.2 Å². The van der Waals surface area contributed by atoms with Crippen LogP contribution in [0.1, 0.15) is 16.8 Å². The molecule has 0 unspecified atom stereocenters. The standard InChI is InChI=1S/C18H15BrN2O3/c19-9-3-1-2-8(6-9)16(22)20-21-17(23)14-10-4-5-11(13-7-12(10)13)15(14)18(21)24/h1-6,10-15H,7H2,(H,20,22)/t10-,11-,12-,13+,14+,15+/m0/s1. The van der Waals surface area contributed by atoms with Crippen molar-refractivity contribution in [1.82, 2.24) is 10.4 Å². The third-order valence-electron chi connectivity index (χ3n) is 5.96. The lowest BCUT2D eigenvalue weighted by Crippen LogP contribution is -2.46. The van der Waals surface area contributed by atoms with E-state index in [0.717, 1.165) is 15.9 Å². The number of hydrogen-bond donors (Lipinski definition) is 1. The lowest BCUT2D eigenvalue weighted by molar-refractivity contribution is -0.143. The van der Waals surface area contributed by atoms with E-state index < -0.39 is 5.91 Å². The van der Waals surface area contributed by atoms with Gasteiger partial charge >= 0.3 is 0 Å². The second kappa shape index (κ2) is 4.79. The summed E-state index contributed by atoms with van der Waals surface area (Å²) in [7, 11) is 0. The SMILES string of the molecule is O=C(NN1C(=O)[C@@H]2[C@H]3C=C[C@@H]([C@@H]4C[C@H]34)[C@H]2C1=O)c1cccc(Br)c1. The topological polar surface area (TPSA) is 66.5 Å². The number of hydrazine groups is 1. The molecular formula is C18H15BrN2O3. The molecule has 3 fully saturated rings. The van der Waals surface area contributed by atoms with Gasteiger partial charge in [-0.15, -0.1) is 0 Å². The fraction of sp³-hybridized carbons (Fsp3) is 0.389. The van der Waals surface area contributed by atoms with Gasteiger partial charge in [0, 0.05) is 10.0 Å². The van der Waals surface area contributed by atoms with Crippen molar-refractivity contribution in [2.75, 3.05) is 0 Å². The predicted molar refractivity (Wildman–Crippen MR) is 88.2 cm³/mol. The molecule has 5 aliphatic rings. The van der Waals surface area contributed by atoms with Crippen LogP contribution in [0.2, 0.25) is 0 Å². The average Bonchev–Trinajstić information content (AvgIpc) is 3.36. The van der Waals surface area contributed by atoms with Crippen molar-refractivity contribution < 1.29 is 14.4 Å². The van der Waals surface area contributed by atoms with Crippen LogP contribution in [0.5, 0.6) is 0 Å². The lowest BCUT2D eigenvalue weighted by Gasteiger charge is -2.37. The van der Waals surface area contributed by atoms with Gasteiger partial charge in [-0.25, -0.2) is 0 Å². The van der Waals surface area contributed by atoms with Crippen LogP contribution in [0.15, 0.2) is 40.9 Å². The number of carbonyl (C=O) groups excluding carboxylic acids is 3. The molecule has 2 bridgehead atoms. The number of allylic oxidation sites excluding steroid dienone is 2. The highest BCUT2D eigenvalue weighted by atomic mass is 79.9. The maximum absolute atomic E-state index is 12.8. The molecule has 0 radical (unpaired) electrons. The van der Waals surface area contributed by atoms with Crippen molar-refractivity contribution >= 4 is 33.7 Å². The minimum absolute atomic E-state index is 0.161. The molecule has 6 rings (SSSR count). The molecule has 1 heterocycles. The van der Waals surface area contributed by atoms with E-state index in [-0.39, 0.29) is 35.5 Å². The highest BCUT2D eigenvalue weighted by Gasteiger charge is 2.67. The number of nitrogens with zero attached hydrogens (tertiary/aromatic N) is 1. The predicted octanol–water partition coefficient (Wildman–Crippen LogP) is 2.15. The van der Waals surface area contributed by atoms with Crippen LogP contribution in [-0.4, -0.2) is 22.7 Å². The van der Waals surface area contributed by atoms with Gasteiger partial charge in [-0.3, -0.25) is 19.8 Å². The Morgan fingerprint density at radius 2 is 1.71 bits per heavy atom. The summed E-state index contributed by atoms with van der Waals surface area (Å²) in [5, 5.41) is 0.969. The van der Waals surface area contributed by atoms with E-state index in [1.165, 1.54) is 0 Å². The van der Waals surface area contributed by atoms with E-state index in [1.807, 2.05) is 6.07 Å². The van der Waals surface area contributed by atoms with E-state index in [0.29, 0.717) is 17.4 Å². The maximum atomic E-state index is 12.8. The number of nitrogens with one attached hydrogen (secondary N) is 1. The fourth-order valence-electron chi connectivity index (χ4n) is 4.86. The molecule has 5 nitrogen and oxygen atoms in total. The largest absolute Gasteiger partial charge is 0.272 e. The quantitative estimate of drug-likeness (QED) is 0.625. The van der Waals surface area contributed by atoms with Crippen molar-refractivity contribution in [3.63, 3.8) is 0 Å². The number of amides is 3. The minimum atomic E-state index is -0.442.